The predicted octanol–water partition coefficient (Wildman–Crippen LogP) is 0.0157. The van der Waals surface area contributed by atoms with Gasteiger partial charge in [-0.2, -0.15) is 0 Å². The van der Waals surface area contributed by atoms with Gasteiger partial charge in [-0.15, -0.1) is 0 Å². The quantitative estimate of drug-likeness (QED) is 0.570. The summed E-state index contributed by atoms with van der Waals surface area (Å²) in [4.78, 5) is 1.92. The molecule has 0 bridgehead atoms. The van der Waals surface area contributed by atoms with Crippen molar-refractivity contribution in [1.82, 2.24) is 10.2 Å². The number of hydrogen-bond donors (Lipinski definition) is 1. The lowest BCUT2D eigenvalue weighted by Crippen LogP contribution is -2.32. The molecule has 1 aliphatic heterocycles. The Kier molecular flexibility index (Phi) is 2.45. The molecule has 0 aromatic heterocycles. The highest BCUT2D eigenvalue weighted by Crippen LogP contribution is 2.01. The van der Waals surface area contributed by atoms with Gasteiger partial charge < -0.3 is 5.32 Å². The molecule has 1 atom stereocenters. The van der Waals surface area contributed by atoms with Gasteiger partial charge in [0, 0.05) is 13.1 Å². The van der Waals surface area contributed by atoms with E-state index < -0.39 is 6.23 Å². The highest BCUT2D eigenvalue weighted by Gasteiger charge is 2.17. The summed E-state index contributed by atoms with van der Waals surface area (Å²) in [5.41, 5.74) is 0. The third-order valence-corrected chi connectivity index (χ3v) is 1.65. The van der Waals surface area contributed by atoms with Crippen LogP contribution in [-0.2, 0) is 5.11 Å². The fraction of sp³-hybridized carbons (Fsp3) is 1.00. The summed E-state index contributed by atoms with van der Waals surface area (Å²) in [6, 6.07) is 0. The number of rotatable bonds is 2. The van der Waals surface area contributed by atoms with Crippen molar-refractivity contribution in [3.63, 3.8) is 0 Å². The molecule has 0 aromatic carbocycles. The second-order valence-electron chi connectivity index (χ2n) is 2.33. The van der Waals surface area contributed by atoms with Crippen LogP contribution < -0.4 is 5.32 Å². The lowest BCUT2D eigenvalue weighted by atomic mass is 10.4. The number of nitrogens with zero attached hydrogens (tertiary/aromatic N) is 1. The molecule has 53 valence electrons. The van der Waals surface area contributed by atoms with Crippen LogP contribution in [0.3, 0.4) is 0 Å². The normalized spacial score (nSPS) is 24.7. The first kappa shape index (κ1) is 6.99. The first-order valence-electron chi connectivity index (χ1n) is 3.45. The van der Waals surface area contributed by atoms with Gasteiger partial charge in [0.1, 0.15) is 6.23 Å². The summed E-state index contributed by atoms with van der Waals surface area (Å²) < 4.78 is 0. The van der Waals surface area contributed by atoms with Crippen LogP contribution in [0.2, 0.25) is 0 Å². The molecule has 3 nitrogen and oxygen atoms in total. The molecule has 1 aliphatic rings. The Labute approximate surface area is 55.7 Å². The van der Waals surface area contributed by atoms with E-state index in [1.54, 1.807) is 0 Å². The summed E-state index contributed by atoms with van der Waals surface area (Å²) in [6.45, 7) is 4.60. The van der Waals surface area contributed by atoms with Crippen LogP contribution in [0.25, 0.3) is 0 Å². The molecule has 3 heteroatoms. The summed E-state index contributed by atoms with van der Waals surface area (Å²) >= 11 is 0. The van der Waals surface area contributed by atoms with Crippen LogP contribution in [0.15, 0.2) is 0 Å². The largest absolute Gasteiger partial charge is 0.303 e. The summed E-state index contributed by atoms with van der Waals surface area (Å²) in [6.07, 6.45) is 0.224. The Morgan fingerprint density at radius 2 is 2.56 bits per heavy atom. The van der Waals surface area contributed by atoms with Gasteiger partial charge in [0.2, 0.25) is 0 Å². The fourth-order valence-corrected chi connectivity index (χ4v) is 1.03. The summed E-state index contributed by atoms with van der Waals surface area (Å²) in [5, 5.41) is 14.1. The van der Waals surface area contributed by atoms with Gasteiger partial charge in [0.05, 0.1) is 6.67 Å². The van der Waals surface area contributed by atoms with E-state index in [1.165, 1.54) is 0 Å². The van der Waals surface area contributed by atoms with Crippen molar-refractivity contribution in [3.05, 3.63) is 0 Å². The van der Waals surface area contributed by atoms with E-state index in [9.17, 15) is 5.11 Å². The standard InChI is InChI=1S/C6H13N2O/c1-2-6(9)8-4-3-7-5-8/h6-7H,2-5H2,1H3. The molecule has 1 saturated heterocycles. The van der Waals surface area contributed by atoms with Gasteiger partial charge in [-0.05, 0) is 6.42 Å². The lowest BCUT2D eigenvalue weighted by molar-refractivity contribution is -0.0384. The second-order valence-corrected chi connectivity index (χ2v) is 2.33. The molecule has 0 spiro atoms. The van der Waals surface area contributed by atoms with E-state index in [1.807, 2.05) is 11.8 Å². The first-order valence-corrected chi connectivity index (χ1v) is 3.45. The van der Waals surface area contributed by atoms with Crippen molar-refractivity contribution in [2.75, 3.05) is 19.8 Å². The van der Waals surface area contributed by atoms with E-state index in [0.29, 0.717) is 6.42 Å². The topological polar surface area (TPSA) is 35.2 Å². The Morgan fingerprint density at radius 3 is 3.00 bits per heavy atom. The van der Waals surface area contributed by atoms with Crippen LogP contribution in [0.5, 0.6) is 0 Å². The second kappa shape index (κ2) is 3.15. The highest BCUT2D eigenvalue weighted by atomic mass is 16.3. The molecule has 0 aromatic rings. The van der Waals surface area contributed by atoms with Gasteiger partial charge in [-0.25, -0.2) is 5.11 Å². The van der Waals surface area contributed by atoms with Crippen LogP contribution in [-0.4, -0.2) is 30.9 Å². The Hall–Kier alpha value is -0.120. The monoisotopic (exact) mass is 129 g/mol. The van der Waals surface area contributed by atoms with Gasteiger partial charge in [-0.1, -0.05) is 6.92 Å². The molecular formula is C6H13N2O. The zero-order chi connectivity index (χ0) is 6.69. The zero-order valence-electron chi connectivity index (χ0n) is 5.76. The van der Waals surface area contributed by atoms with E-state index in [2.05, 4.69) is 5.32 Å². The summed E-state index contributed by atoms with van der Waals surface area (Å²) in [7, 11) is 0. The average molecular weight is 129 g/mol. The van der Waals surface area contributed by atoms with Gasteiger partial charge in [0.15, 0.2) is 0 Å². The molecule has 0 amide bonds. The molecule has 1 radical (unpaired) electrons. The van der Waals surface area contributed by atoms with Crippen molar-refractivity contribution in [2.24, 2.45) is 0 Å². The Bertz CT molecular complexity index is 81.1. The third-order valence-electron chi connectivity index (χ3n) is 1.65. The van der Waals surface area contributed by atoms with Crippen molar-refractivity contribution in [2.45, 2.75) is 19.6 Å². The van der Waals surface area contributed by atoms with Crippen LogP contribution in [0, 0.1) is 0 Å². The highest BCUT2D eigenvalue weighted by molar-refractivity contribution is 4.67. The third kappa shape index (κ3) is 1.64. The van der Waals surface area contributed by atoms with Gasteiger partial charge in [0.25, 0.3) is 0 Å². The predicted molar refractivity (Wildman–Crippen MR) is 34.3 cm³/mol. The smallest absolute Gasteiger partial charge is 0.147 e. The van der Waals surface area contributed by atoms with Crippen LogP contribution >= 0.6 is 0 Å². The molecule has 1 heterocycles. The minimum atomic E-state index is -0.486. The molecule has 1 N–H and O–H groups in total. The van der Waals surface area contributed by atoms with Crippen LogP contribution in [0.4, 0.5) is 0 Å². The molecule has 1 rings (SSSR count). The van der Waals surface area contributed by atoms with E-state index >= 15 is 0 Å². The molecule has 1 fully saturated rings. The SMILES string of the molecule is CCC([O])N1CCNC1. The average Bonchev–Trinajstić information content (AvgIpc) is 2.37. The van der Waals surface area contributed by atoms with Crippen LogP contribution in [0.1, 0.15) is 13.3 Å². The molecule has 9 heavy (non-hydrogen) atoms. The maximum absolute atomic E-state index is 11.0. The Balaban J connectivity index is 2.24. The Morgan fingerprint density at radius 1 is 1.78 bits per heavy atom. The van der Waals surface area contributed by atoms with Crippen molar-refractivity contribution >= 4 is 0 Å². The molecule has 1 unspecified atom stereocenters. The van der Waals surface area contributed by atoms with Crippen molar-refractivity contribution in [3.8, 4) is 0 Å². The van der Waals surface area contributed by atoms with Crippen molar-refractivity contribution in [1.29, 1.82) is 0 Å². The van der Waals surface area contributed by atoms with Crippen molar-refractivity contribution < 1.29 is 5.11 Å². The maximum atomic E-state index is 11.0. The minimum absolute atomic E-state index is 0.486. The molecular weight excluding hydrogens is 116 g/mol. The molecule has 0 aliphatic carbocycles. The van der Waals surface area contributed by atoms with E-state index in [0.717, 1.165) is 19.8 Å². The van der Waals surface area contributed by atoms with E-state index in [4.69, 9.17) is 0 Å². The maximum Gasteiger partial charge on any atom is 0.147 e. The number of hydrogen-bond acceptors (Lipinski definition) is 2. The van der Waals surface area contributed by atoms with Gasteiger partial charge in [-0.3, -0.25) is 4.90 Å². The lowest BCUT2D eigenvalue weighted by Gasteiger charge is -2.16. The minimum Gasteiger partial charge on any atom is -0.303 e. The summed E-state index contributed by atoms with van der Waals surface area (Å²) in [5.74, 6) is 0. The van der Waals surface area contributed by atoms with E-state index in [-0.39, 0.29) is 0 Å². The number of nitrogens with one attached hydrogen (secondary N) is 1. The van der Waals surface area contributed by atoms with Gasteiger partial charge >= 0.3 is 0 Å². The first-order chi connectivity index (χ1) is 4.34. The molecule has 0 saturated carbocycles. The fourth-order valence-electron chi connectivity index (χ4n) is 1.03. The zero-order valence-corrected chi connectivity index (χ0v) is 5.76.